The number of thiol groups is 1. The Morgan fingerprint density at radius 1 is 1.18 bits per heavy atom. The van der Waals surface area contributed by atoms with Crippen LogP contribution in [0.25, 0.3) is 10.8 Å². The predicted molar refractivity (Wildman–Crippen MR) is 76.1 cm³/mol. The van der Waals surface area contributed by atoms with Crippen molar-refractivity contribution in [3.05, 3.63) is 42.5 Å². The van der Waals surface area contributed by atoms with Crippen molar-refractivity contribution in [1.82, 2.24) is 5.32 Å². The summed E-state index contributed by atoms with van der Waals surface area (Å²) in [6.45, 7) is 1.45. The number of ether oxygens (including phenoxy) is 1. The van der Waals surface area contributed by atoms with Crippen molar-refractivity contribution in [2.45, 2.75) is 5.25 Å². The van der Waals surface area contributed by atoms with Gasteiger partial charge in [-0.2, -0.15) is 12.6 Å². The Balaban J connectivity index is 2.13. The van der Waals surface area contributed by atoms with E-state index < -0.39 is 0 Å². The zero-order valence-corrected chi connectivity index (χ0v) is 10.8. The van der Waals surface area contributed by atoms with Gasteiger partial charge in [0, 0.05) is 17.2 Å². The van der Waals surface area contributed by atoms with Gasteiger partial charge >= 0.3 is 0 Å². The summed E-state index contributed by atoms with van der Waals surface area (Å²) in [4.78, 5) is 0. The first-order chi connectivity index (χ1) is 8.31. The Labute approximate surface area is 107 Å². The summed E-state index contributed by atoms with van der Waals surface area (Å²) < 4.78 is 5.82. The van der Waals surface area contributed by atoms with Crippen LogP contribution in [0.2, 0.25) is 0 Å². The average molecular weight is 247 g/mol. The van der Waals surface area contributed by atoms with E-state index in [0.29, 0.717) is 6.61 Å². The van der Waals surface area contributed by atoms with E-state index in [1.807, 2.05) is 31.3 Å². The summed E-state index contributed by atoms with van der Waals surface area (Å²) in [5.41, 5.74) is 0. The molecule has 0 heterocycles. The lowest BCUT2D eigenvalue weighted by Gasteiger charge is -2.13. The molecule has 1 N–H and O–H groups in total. The number of hydrogen-bond acceptors (Lipinski definition) is 3. The molecule has 0 saturated heterocycles. The fraction of sp³-hybridized carbons (Fsp3) is 0.286. The van der Waals surface area contributed by atoms with Gasteiger partial charge in [-0.15, -0.1) is 0 Å². The topological polar surface area (TPSA) is 21.3 Å². The van der Waals surface area contributed by atoms with E-state index in [4.69, 9.17) is 4.74 Å². The molecule has 0 saturated carbocycles. The normalized spacial score (nSPS) is 12.6. The van der Waals surface area contributed by atoms with Crippen LogP contribution in [0.15, 0.2) is 42.5 Å². The molecule has 0 radical (unpaired) electrons. The average Bonchev–Trinajstić information content (AvgIpc) is 2.36. The largest absolute Gasteiger partial charge is 0.492 e. The highest BCUT2D eigenvalue weighted by Crippen LogP contribution is 2.25. The molecule has 0 aromatic heterocycles. The molecule has 2 rings (SSSR count). The third kappa shape index (κ3) is 3.14. The van der Waals surface area contributed by atoms with Gasteiger partial charge in [0.1, 0.15) is 12.4 Å². The van der Waals surface area contributed by atoms with Crippen molar-refractivity contribution in [3.8, 4) is 5.75 Å². The maximum atomic E-state index is 5.82. The number of hydrogen-bond donors (Lipinski definition) is 2. The van der Waals surface area contributed by atoms with Gasteiger partial charge in [0.2, 0.25) is 0 Å². The summed E-state index contributed by atoms with van der Waals surface area (Å²) in [6, 6.07) is 14.3. The molecule has 17 heavy (non-hydrogen) atoms. The summed E-state index contributed by atoms with van der Waals surface area (Å²) in [7, 11) is 1.92. The Hall–Kier alpha value is -1.19. The monoisotopic (exact) mass is 247 g/mol. The molecule has 1 unspecified atom stereocenters. The molecule has 0 aliphatic heterocycles. The fourth-order valence-corrected chi connectivity index (χ4v) is 2.06. The minimum Gasteiger partial charge on any atom is -0.492 e. The second-order valence-electron chi connectivity index (χ2n) is 4.00. The Kier molecular flexibility index (Phi) is 4.29. The second kappa shape index (κ2) is 5.94. The summed E-state index contributed by atoms with van der Waals surface area (Å²) >= 11 is 4.45. The smallest absolute Gasteiger partial charge is 0.127 e. The second-order valence-corrected chi connectivity index (χ2v) is 4.73. The summed E-state index contributed by atoms with van der Waals surface area (Å²) in [5, 5.41) is 5.65. The van der Waals surface area contributed by atoms with Crippen molar-refractivity contribution < 1.29 is 4.74 Å². The molecule has 0 amide bonds. The lowest BCUT2D eigenvalue weighted by molar-refractivity contribution is 0.319. The molecule has 90 valence electrons. The van der Waals surface area contributed by atoms with Crippen molar-refractivity contribution in [3.63, 3.8) is 0 Å². The third-order valence-electron chi connectivity index (χ3n) is 2.62. The highest BCUT2D eigenvalue weighted by atomic mass is 32.1. The molecular formula is C14H17NOS. The minimum atomic E-state index is 0.207. The maximum absolute atomic E-state index is 5.82. The first kappa shape index (κ1) is 12.3. The van der Waals surface area contributed by atoms with Crippen molar-refractivity contribution >= 4 is 23.4 Å². The van der Waals surface area contributed by atoms with Crippen LogP contribution in [-0.4, -0.2) is 25.4 Å². The SMILES string of the molecule is CNCC(S)COc1cccc2ccccc12. The Morgan fingerprint density at radius 2 is 1.94 bits per heavy atom. The van der Waals surface area contributed by atoms with E-state index in [9.17, 15) is 0 Å². The molecular weight excluding hydrogens is 230 g/mol. The van der Waals surface area contributed by atoms with Crippen LogP contribution in [0.1, 0.15) is 0 Å². The van der Waals surface area contributed by atoms with E-state index in [2.05, 4.69) is 36.1 Å². The molecule has 0 bridgehead atoms. The van der Waals surface area contributed by atoms with Crippen LogP contribution >= 0.6 is 12.6 Å². The van der Waals surface area contributed by atoms with Crippen molar-refractivity contribution in [1.29, 1.82) is 0 Å². The highest BCUT2D eigenvalue weighted by molar-refractivity contribution is 7.81. The van der Waals surface area contributed by atoms with Gasteiger partial charge in [0.15, 0.2) is 0 Å². The Bertz CT molecular complexity index is 481. The van der Waals surface area contributed by atoms with Crippen LogP contribution in [0.5, 0.6) is 5.75 Å². The molecule has 2 nitrogen and oxygen atoms in total. The number of benzene rings is 2. The first-order valence-electron chi connectivity index (χ1n) is 5.74. The highest BCUT2D eigenvalue weighted by Gasteiger charge is 2.05. The molecule has 2 aromatic rings. The zero-order chi connectivity index (χ0) is 12.1. The van der Waals surface area contributed by atoms with Crippen molar-refractivity contribution in [2.75, 3.05) is 20.2 Å². The van der Waals surface area contributed by atoms with Gasteiger partial charge in [-0.1, -0.05) is 36.4 Å². The molecule has 2 aromatic carbocycles. The van der Waals surface area contributed by atoms with E-state index in [0.717, 1.165) is 17.7 Å². The van der Waals surface area contributed by atoms with Crippen molar-refractivity contribution in [2.24, 2.45) is 0 Å². The quantitative estimate of drug-likeness (QED) is 0.793. The van der Waals surface area contributed by atoms with Crippen LogP contribution in [0, 0.1) is 0 Å². The first-order valence-corrected chi connectivity index (χ1v) is 6.26. The van der Waals surface area contributed by atoms with Gasteiger partial charge in [0.25, 0.3) is 0 Å². The van der Waals surface area contributed by atoms with Crippen LogP contribution < -0.4 is 10.1 Å². The number of rotatable bonds is 5. The summed E-state index contributed by atoms with van der Waals surface area (Å²) in [5.74, 6) is 0.929. The van der Waals surface area contributed by atoms with E-state index >= 15 is 0 Å². The van der Waals surface area contributed by atoms with E-state index in [1.165, 1.54) is 5.39 Å². The zero-order valence-electron chi connectivity index (χ0n) is 9.89. The van der Waals surface area contributed by atoms with E-state index in [-0.39, 0.29) is 5.25 Å². The Morgan fingerprint density at radius 3 is 2.76 bits per heavy atom. The minimum absolute atomic E-state index is 0.207. The molecule has 1 atom stereocenters. The van der Waals surface area contributed by atoms with Crippen LogP contribution in [-0.2, 0) is 0 Å². The molecule has 0 aliphatic rings. The fourth-order valence-electron chi connectivity index (χ4n) is 1.80. The van der Waals surface area contributed by atoms with Gasteiger partial charge < -0.3 is 10.1 Å². The maximum Gasteiger partial charge on any atom is 0.127 e. The summed E-state index contributed by atoms with van der Waals surface area (Å²) in [6.07, 6.45) is 0. The number of nitrogens with one attached hydrogen (secondary N) is 1. The van der Waals surface area contributed by atoms with Gasteiger partial charge in [-0.3, -0.25) is 0 Å². The van der Waals surface area contributed by atoms with E-state index in [1.54, 1.807) is 0 Å². The van der Waals surface area contributed by atoms with Gasteiger partial charge in [0.05, 0.1) is 0 Å². The lowest BCUT2D eigenvalue weighted by Crippen LogP contribution is -2.24. The molecule has 0 spiro atoms. The van der Waals surface area contributed by atoms with Gasteiger partial charge in [-0.05, 0) is 18.5 Å². The number of fused-ring (bicyclic) bond motifs is 1. The van der Waals surface area contributed by atoms with Crippen LogP contribution in [0.3, 0.4) is 0 Å². The predicted octanol–water partition coefficient (Wildman–Crippen LogP) is 2.74. The molecule has 3 heteroatoms. The van der Waals surface area contributed by atoms with Crippen LogP contribution in [0.4, 0.5) is 0 Å². The third-order valence-corrected chi connectivity index (χ3v) is 2.95. The van der Waals surface area contributed by atoms with Gasteiger partial charge in [-0.25, -0.2) is 0 Å². The standard InChI is InChI=1S/C14H17NOS/c1-15-9-12(17)10-16-14-8-4-6-11-5-2-3-7-13(11)14/h2-8,12,15,17H,9-10H2,1H3. The lowest BCUT2D eigenvalue weighted by atomic mass is 10.1. The molecule has 0 aliphatic carbocycles. The molecule has 0 fully saturated rings.